The van der Waals surface area contributed by atoms with Crippen LogP contribution in [0, 0.1) is 29.6 Å². The minimum absolute atomic E-state index is 0.293. The Morgan fingerprint density at radius 2 is 0.867 bits per heavy atom. The largest absolute Gasteiger partial charge is 0.494 e. The highest BCUT2D eigenvalue weighted by molar-refractivity contribution is 7.22. The number of hydrazone groups is 2. The third-order valence-corrected chi connectivity index (χ3v) is 25.2. The standard InChI is InChI=1S/C51H65N3O9S.C51H59N3O9S/c1-4-12-37-15-17-38(18-16-37)41-23-28-46(42(35-41)36-52-54(29-32-59-34-33-58-3)51-53-45-13-8-9-14-47(45)64-51)63-50(57)40-21-19-39(20-22-40)49(56)62-44-26-24-43(25-27-44)60-30-10-6-7-11-31-61-48(55)5-2;1-4-12-37-15-17-38(18-16-37)45-28-27-44(35-41(45)36-52-54(29-32-59-34-33-58-3)51-53-46-13-8-9-14-47(46)64-51)63-50(57)40-21-19-39(20-22-40)49(56)62-43-25-23-42(24-26-43)60-30-10-6-7-11-31-61-48(55)5-2/h5,8-9,13-14,23-28,35-40H,2,4,6-7,10-12,15-22,29-34H2,1,3H3;5,8-9,13-18,23-28,35-36,39-40H,2,4,6-7,10-12,19-22,29-34H2,1,3H3/b2*52-36+. The number of rotatable bonds is 50. The van der Waals surface area contributed by atoms with Crippen LogP contribution in [0.4, 0.5) is 10.3 Å². The number of carbonyl (C=O) groups excluding carboxylic acids is 6. The molecule has 0 amide bonds. The molecule has 3 aliphatic carbocycles. The number of hydrogen-bond donors (Lipinski definition) is 0. The van der Waals surface area contributed by atoms with Crippen molar-refractivity contribution in [3.05, 3.63) is 205 Å². The molecule has 2 heterocycles. The molecule has 3 fully saturated rings. The molecule has 7 aromatic carbocycles. The Morgan fingerprint density at radius 1 is 0.430 bits per heavy atom. The van der Waals surface area contributed by atoms with Crippen LogP contribution in [0.1, 0.15) is 190 Å². The second-order valence-electron chi connectivity index (χ2n) is 32.4. The number of hydrogen-bond acceptors (Lipinski definition) is 26. The van der Waals surface area contributed by atoms with Gasteiger partial charge in [0.25, 0.3) is 0 Å². The smallest absolute Gasteiger partial charge is 0.330 e. The van der Waals surface area contributed by atoms with Crippen LogP contribution in [0.2, 0.25) is 0 Å². The highest BCUT2D eigenvalue weighted by Crippen LogP contribution is 2.41. The van der Waals surface area contributed by atoms with Gasteiger partial charge in [-0.15, -0.1) is 0 Å². The van der Waals surface area contributed by atoms with Gasteiger partial charge in [0, 0.05) is 37.5 Å². The topological polar surface area (TPSA) is 270 Å². The van der Waals surface area contributed by atoms with Gasteiger partial charge >= 0.3 is 35.8 Å². The number of nitrogens with zero attached hydrogens (tertiary/aromatic N) is 6. The van der Waals surface area contributed by atoms with Crippen LogP contribution in [0.3, 0.4) is 0 Å². The molecule has 128 heavy (non-hydrogen) atoms. The van der Waals surface area contributed by atoms with E-state index in [0.717, 1.165) is 136 Å². The molecule has 0 unspecified atom stereocenters. The van der Waals surface area contributed by atoms with Gasteiger partial charge in [0.1, 0.15) is 34.5 Å². The summed E-state index contributed by atoms with van der Waals surface area (Å²) < 4.78 is 69.5. The summed E-state index contributed by atoms with van der Waals surface area (Å²) in [5.41, 5.74) is 7.80. The first-order chi connectivity index (χ1) is 62.7. The summed E-state index contributed by atoms with van der Waals surface area (Å²) in [6, 6.07) is 50.5. The molecule has 9 aromatic rings. The molecular weight excluding hydrogens is 1660 g/mol. The molecule has 3 aliphatic rings. The number of benzene rings is 7. The lowest BCUT2D eigenvalue weighted by Gasteiger charge is -2.29. The van der Waals surface area contributed by atoms with Crippen LogP contribution in [-0.2, 0) is 63.6 Å². The fraction of sp³-hybridized carbons (Fsp3) is 0.451. The second-order valence-corrected chi connectivity index (χ2v) is 34.4. The molecule has 0 saturated heterocycles. The van der Waals surface area contributed by atoms with Crippen molar-refractivity contribution in [2.75, 3.05) is 103 Å². The monoisotopic (exact) mass is 1780 g/mol. The summed E-state index contributed by atoms with van der Waals surface area (Å²) in [5.74, 6) is 1.13. The van der Waals surface area contributed by atoms with Crippen molar-refractivity contribution >= 4 is 102 Å². The Morgan fingerprint density at radius 3 is 1.32 bits per heavy atom. The summed E-state index contributed by atoms with van der Waals surface area (Å²) in [6.07, 6.45) is 26.6. The molecule has 0 bridgehead atoms. The Hall–Kier alpha value is -11.0. The van der Waals surface area contributed by atoms with Gasteiger partial charge in [-0.1, -0.05) is 130 Å². The van der Waals surface area contributed by atoms with Crippen LogP contribution < -0.4 is 38.4 Å². The number of aryl methyl sites for hydroxylation is 1. The maximum absolute atomic E-state index is 13.8. The molecular formula is C102H124N6O18S2. The molecule has 26 heteroatoms. The molecule has 24 nitrogen and oxygen atoms in total. The van der Waals surface area contributed by atoms with Crippen molar-refractivity contribution in [2.45, 2.75) is 174 Å². The van der Waals surface area contributed by atoms with Crippen molar-refractivity contribution in [1.82, 2.24) is 9.97 Å². The van der Waals surface area contributed by atoms with Gasteiger partial charge in [-0.3, -0.25) is 19.2 Å². The molecule has 0 N–H and O–H groups in total. The first kappa shape index (κ1) is 97.6. The van der Waals surface area contributed by atoms with Gasteiger partial charge in [-0.2, -0.15) is 10.2 Å². The van der Waals surface area contributed by atoms with Crippen LogP contribution in [0.25, 0.3) is 31.6 Å². The molecule has 0 radical (unpaired) electrons. The highest BCUT2D eigenvalue weighted by Gasteiger charge is 2.35. The minimum Gasteiger partial charge on any atom is -0.494 e. The fourth-order valence-corrected chi connectivity index (χ4v) is 17.7. The molecule has 0 spiro atoms. The van der Waals surface area contributed by atoms with Gasteiger partial charge in [-0.05, 0) is 266 Å². The lowest BCUT2D eigenvalue weighted by molar-refractivity contribution is -0.145. The zero-order valence-electron chi connectivity index (χ0n) is 74.5. The summed E-state index contributed by atoms with van der Waals surface area (Å²) in [4.78, 5) is 85.7. The quantitative estimate of drug-likeness (QED) is 0.00856. The van der Waals surface area contributed by atoms with E-state index in [0.29, 0.717) is 171 Å². The first-order valence-corrected chi connectivity index (χ1v) is 47.1. The van der Waals surface area contributed by atoms with Crippen LogP contribution in [0.15, 0.2) is 193 Å². The lowest BCUT2D eigenvalue weighted by atomic mass is 9.77. The van der Waals surface area contributed by atoms with Crippen molar-refractivity contribution in [3.8, 4) is 45.6 Å². The van der Waals surface area contributed by atoms with Crippen molar-refractivity contribution in [2.24, 2.45) is 39.8 Å². The van der Waals surface area contributed by atoms with Crippen molar-refractivity contribution in [3.63, 3.8) is 0 Å². The Kier molecular flexibility index (Phi) is 41.0. The number of unbranched alkanes of at least 4 members (excludes halogenated alkanes) is 6. The fourth-order valence-electron chi connectivity index (χ4n) is 15.8. The number of thiazole rings is 2. The zero-order valence-corrected chi connectivity index (χ0v) is 76.1. The third kappa shape index (κ3) is 31.7. The van der Waals surface area contributed by atoms with Crippen molar-refractivity contribution in [1.29, 1.82) is 0 Å². The van der Waals surface area contributed by atoms with Gasteiger partial charge in [0.15, 0.2) is 0 Å². The maximum atomic E-state index is 13.8. The van der Waals surface area contributed by atoms with E-state index in [4.69, 9.17) is 77.0 Å². The van der Waals surface area contributed by atoms with E-state index in [1.54, 1.807) is 97.9 Å². The SMILES string of the molecule is C=CC(=O)OCCCCCCOc1ccc(OC(=O)C2CCC(C(=O)Oc3ccc(-c4ccc(CCC)cc4)c(/C=N/N(CCOCCOC)c4nc5ccccc5s4)c3)CC2)cc1.C=CC(=O)OCCCCCCOc1ccc(OC(=O)C2CCC(C(=O)Oc3ccc(C4CCC(CCC)CC4)cc3/C=N/N(CCOCCOC)c3nc4ccccc4s3)CC2)cc1. The number of ether oxygens (including phenoxy) is 12. The number of fused-ring (bicyclic) bond motifs is 2. The van der Waals surface area contributed by atoms with Crippen LogP contribution >= 0.6 is 22.7 Å². The average molecular weight is 1790 g/mol. The van der Waals surface area contributed by atoms with Crippen molar-refractivity contribution < 1.29 is 85.6 Å². The van der Waals surface area contributed by atoms with E-state index in [1.807, 2.05) is 76.7 Å². The van der Waals surface area contributed by atoms with E-state index in [-0.39, 0.29) is 47.5 Å². The Bertz CT molecular complexity index is 4950. The molecule has 0 aliphatic heterocycles. The summed E-state index contributed by atoms with van der Waals surface area (Å²) >= 11 is 3.13. The summed E-state index contributed by atoms with van der Waals surface area (Å²) in [6.45, 7) is 16.9. The van der Waals surface area contributed by atoms with Gasteiger partial charge in [-0.25, -0.2) is 29.6 Å². The first-order valence-electron chi connectivity index (χ1n) is 45.4. The molecule has 2 aromatic heterocycles. The number of carbonyl (C=O) groups is 6. The number of aromatic nitrogens is 2. The Labute approximate surface area is 760 Å². The average Bonchev–Trinajstić information content (AvgIpc) is 1.34. The van der Waals surface area contributed by atoms with E-state index in [1.165, 1.54) is 49.0 Å². The van der Waals surface area contributed by atoms with Gasteiger partial charge in [0.2, 0.25) is 10.3 Å². The van der Waals surface area contributed by atoms with E-state index >= 15 is 0 Å². The van der Waals surface area contributed by atoms with Crippen LogP contribution in [-0.4, -0.2) is 152 Å². The maximum Gasteiger partial charge on any atom is 0.330 e. The summed E-state index contributed by atoms with van der Waals surface area (Å²) in [7, 11) is 3.30. The molecule has 682 valence electrons. The number of methoxy groups -OCH3 is 2. The molecule has 12 rings (SSSR count). The summed E-state index contributed by atoms with van der Waals surface area (Å²) in [5, 5.41) is 15.1. The van der Waals surface area contributed by atoms with Gasteiger partial charge in [0.05, 0.1) is 136 Å². The highest BCUT2D eigenvalue weighted by atomic mass is 32.1. The second kappa shape index (κ2) is 53.7. The Balaban J connectivity index is 0.000000248. The predicted octanol–water partition coefficient (Wildman–Crippen LogP) is 21.3. The third-order valence-electron chi connectivity index (χ3n) is 23.1. The van der Waals surface area contributed by atoms with Gasteiger partial charge < -0.3 is 56.8 Å². The number of esters is 6. The van der Waals surface area contributed by atoms with Crippen LogP contribution in [0.5, 0.6) is 34.5 Å². The van der Waals surface area contributed by atoms with E-state index < -0.39 is 11.9 Å². The van der Waals surface area contributed by atoms with E-state index in [9.17, 15) is 28.8 Å². The normalized spacial score (nSPS) is 16.8. The predicted molar refractivity (Wildman–Crippen MR) is 503 cm³/mol. The molecule has 3 saturated carbocycles. The molecule has 0 atom stereocenters. The lowest BCUT2D eigenvalue weighted by Crippen LogP contribution is -2.30. The number of anilines is 2. The zero-order chi connectivity index (χ0) is 89.9. The van der Waals surface area contributed by atoms with E-state index in [2.05, 4.69) is 69.5 Å². The number of para-hydroxylation sites is 2. The minimum atomic E-state index is -0.398.